The topological polar surface area (TPSA) is 95.8 Å². The van der Waals surface area contributed by atoms with E-state index in [2.05, 4.69) is 20.6 Å². The molecule has 0 saturated heterocycles. The fourth-order valence-corrected chi connectivity index (χ4v) is 3.01. The molecule has 10 heteroatoms. The largest absolute Gasteiger partial charge is 0.395 e. The highest BCUT2D eigenvalue weighted by atomic mass is 19.1. The molecule has 0 atom stereocenters. The molecule has 2 heterocycles. The molecule has 0 aliphatic carbocycles. The van der Waals surface area contributed by atoms with Crippen LogP contribution < -0.4 is 5.32 Å². The summed E-state index contributed by atoms with van der Waals surface area (Å²) in [6, 6.07) is 7.29. The van der Waals surface area contributed by atoms with Gasteiger partial charge in [-0.05, 0) is 30.3 Å². The quantitative estimate of drug-likeness (QED) is 0.479. The van der Waals surface area contributed by atoms with E-state index in [-0.39, 0.29) is 35.4 Å². The average molecular weight is 401 g/mol. The number of hydrogen-bond acceptors (Lipinski definition) is 4. The van der Waals surface area contributed by atoms with Crippen LogP contribution in [-0.2, 0) is 0 Å². The van der Waals surface area contributed by atoms with Crippen molar-refractivity contribution in [3.63, 3.8) is 0 Å². The maximum atomic E-state index is 14.3. The Balaban J connectivity index is 1.90. The van der Waals surface area contributed by atoms with Crippen LogP contribution in [0.3, 0.4) is 0 Å². The number of H-pyrrole nitrogens is 1. The number of fused-ring (bicyclic) bond motifs is 1. The third-order valence-electron chi connectivity index (χ3n) is 4.28. The fourth-order valence-electron chi connectivity index (χ4n) is 3.01. The molecule has 1 amide bonds. The van der Waals surface area contributed by atoms with Gasteiger partial charge in [0.1, 0.15) is 17.5 Å². The van der Waals surface area contributed by atoms with Crippen molar-refractivity contribution in [3.05, 3.63) is 65.7 Å². The Morgan fingerprint density at radius 2 is 1.90 bits per heavy atom. The first kappa shape index (κ1) is 18.7. The smallest absolute Gasteiger partial charge is 0.273 e. The summed E-state index contributed by atoms with van der Waals surface area (Å²) in [6.45, 7) is -0.203. The van der Waals surface area contributed by atoms with Gasteiger partial charge in [0.15, 0.2) is 5.69 Å². The maximum absolute atomic E-state index is 14.3. The summed E-state index contributed by atoms with van der Waals surface area (Å²) in [4.78, 5) is 14.9. The molecule has 2 aromatic heterocycles. The minimum absolute atomic E-state index is 0.0301. The Kier molecular flexibility index (Phi) is 4.77. The number of carbonyl (C=O) groups is 1. The number of carbonyl (C=O) groups excluding carboxylic acids is 1. The Morgan fingerprint density at radius 1 is 1.14 bits per heavy atom. The Labute approximate surface area is 161 Å². The lowest BCUT2D eigenvalue weighted by Gasteiger charge is -2.05. The van der Waals surface area contributed by atoms with Crippen molar-refractivity contribution < 1.29 is 23.1 Å². The highest BCUT2D eigenvalue weighted by Crippen LogP contribution is 2.34. The van der Waals surface area contributed by atoms with E-state index in [1.807, 2.05) is 0 Å². The molecule has 0 saturated carbocycles. The number of aliphatic hydroxyl groups excluding tert-OH is 1. The van der Waals surface area contributed by atoms with E-state index in [0.29, 0.717) is 11.3 Å². The monoisotopic (exact) mass is 401 g/mol. The first-order chi connectivity index (χ1) is 14.0. The molecule has 2 aromatic carbocycles. The molecule has 0 bridgehead atoms. The molecule has 7 nitrogen and oxygen atoms in total. The van der Waals surface area contributed by atoms with E-state index in [4.69, 9.17) is 5.11 Å². The van der Waals surface area contributed by atoms with Crippen LogP contribution in [0.4, 0.5) is 13.2 Å². The van der Waals surface area contributed by atoms with Gasteiger partial charge < -0.3 is 15.4 Å². The average Bonchev–Trinajstić information content (AvgIpc) is 3.31. The van der Waals surface area contributed by atoms with Gasteiger partial charge in [0.05, 0.1) is 29.7 Å². The number of hydrogen-bond donors (Lipinski definition) is 3. The summed E-state index contributed by atoms with van der Waals surface area (Å²) >= 11 is 0. The fraction of sp³-hybridized carbons (Fsp3) is 0.105. The second-order valence-electron chi connectivity index (χ2n) is 6.19. The Morgan fingerprint density at radius 3 is 2.62 bits per heavy atom. The van der Waals surface area contributed by atoms with Gasteiger partial charge in [0.25, 0.3) is 5.91 Å². The summed E-state index contributed by atoms with van der Waals surface area (Å²) in [5, 5.41) is 19.1. The third kappa shape index (κ3) is 3.45. The molecule has 4 rings (SSSR count). The van der Waals surface area contributed by atoms with Gasteiger partial charge in [-0.15, -0.1) is 5.10 Å². The standard InChI is InChI=1S/C19H14F3N5O2/c20-11-3-1-10(2-4-11)16-18(13-7-12(21)8-14(22)17(13)24-16)27-9-15(25-26-27)19(29)23-5-6-28/h1-4,7-9,24,28H,5-6H2,(H,23,29). The number of aromatic amines is 1. The minimum Gasteiger partial charge on any atom is -0.395 e. The number of halogens is 3. The maximum Gasteiger partial charge on any atom is 0.273 e. The first-order valence-corrected chi connectivity index (χ1v) is 8.56. The van der Waals surface area contributed by atoms with Gasteiger partial charge in [-0.25, -0.2) is 17.9 Å². The number of benzene rings is 2. The van der Waals surface area contributed by atoms with E-state index >= 15 is 0 Å². The molecule has 0 fully saturated rings. The lowest BCUT2D eigenvalue weighted by molar-refractivity contribution is 0.0939. The second-order valence-corrected chi connectivity index (χ2v) is 6.19. The Bertz CT molecular complexity index is 1200. The van der Waals surface area contributed by atoms with Crippen molar-refractivity contribution in [2.45, 2.75) is 0 Å². The summed E-state index contributed by atoms with van der Waals surface area (Å²) in [5.41, 5.74) is 1.08. The van der Waals surface area contributed by atoms with Crippen molar-refractivity contribution in [1.29, 1.82) is 0 Å². The second kappa shape index (κ2) is 7.40. The molecule has 148 valence electrons. The van der Waals surface area contributed by atoms with Gasteiger partial charge in [-0.3, -0.25) is 4.79 Å². The molecular weight excluding hydrogens is 387 g/mol. The molecular formula is C19H14F3N5O2. The predicted molar refractivity (Wildman–Crippen MR) is 97.9 cm³/mol. The predicted octanol–water partition coefficient (Wildman–Crippen LogP) is 2.55. The highest BCUT2D eigenvalue weighted by molar-refractivity contribution is 5.97. The van der Waals surface area contributed by atoms with Crippen LogP contribution >= 0.6 is 0 Å². The van der Waals surface area contributed by atoms with Crippen LogP contribution in [0.2, 0.25) is 0 Å². The molecule has 4 aromatic rings. The van der Waals surface area contributed by atoms with Crippen molar-refractivity contribution in [1.82, 2.24) is 25.3 Å². The van der Waals surface area contributed by atoms with Crippen LogP contribution in [0, 0.1) is 17.5 Å². The number of nitrogens with zero attached hydrogens (tertiary/aromatic N) is 3. The van der Waals surface area contributed by atoms with Crippen molar-refractivity contribution in [2.24, 2.45) is 0 Å². The van der Waals surface area contributed by atoms with Crippen molar-refractivity contribution in [2.75, 3.05) is 13.2 Å². The molecule has 0 radical (unpaired) electrons. The van der Waals surface area contributed by atoms with E-state index < -0.39 is 23.4 Å². The van der Waals surface area contributed by atoms with Crippen molar-refractivity contribution >= 4 is 16.8 Å². The summed E-state index contributed by atoms with van der Waals surface area (Å²) in [7, 11) is 0. The van der Waals surface area contributed by atoms with Crippen LogP contribution in [0.5, 0.6) is 0 Å². The van der Waals surface area contributed by atoms with E-state index in [1.54, 1.807) is 0 Å². The number of nitrogens with one attached hydrogen (secondary N) is 2. The zero-order valence-corrected chi connectivity index (χ0v) is 14.8. The number of amides is 1. The van der Waals surface area contributed by atoms with Gasteiger partial charge in [0.2, 0.25) is 0 Å². The van der Waals surface area contributed by atoms with E-state index in [0.717, 1.165) is 12.1 Å². The zero-order chi connectivity index (χ0) is 20.5. The molecule has 0 spiro atoms. The minimum atomic E-state index is -0.810. The van der Waals surface area contributed by atoms with Gasteiger partial charge >= 0.3 is 0 Å². The molecule has 29 heavy (non-hydrogen) atoms. The Hall–Kier alpha value is -3.66. The van der Waals surface area contributed by atoms with Gasteiger partial charge in [-0.2, -0.15) is 0 Å². The molecule has 3 N–H and O–H groups in total. The summed E-state index contributed by atoms with van der Waals surface area (Å²) in [5.74, 6) is -2.62. The zero-order valence-electron chi connectivity index (χ0n) is 14.8. The van der Waals surface area contributed by atoms with Gasteiger partial charge in [-0.1, -0.05) is 5.21 Å². The van der Waals surface area contributed by atoms with Gasteiger partial charge in [0, 0.05) is 23.6 Å². The number of rotatable bonds is 5. The van der Waals surface area contributed by atoms with Crippen LogP contribution in [-0.4, -0.2) is 44.1 Å². The van der Waals surface area contributed by atoms with Crippen molar-refractivity contribution in [3.8, 4) is 16.9 Å². The number of aliphatic hydroxyl groups is 1. The van der Waals surface area contributed by atoms with Crippen LogP contribution in [0.1, 0.15) is 10.5 Å². The van der Waals surface area contributed by atoms with E-state index in [9.17, 15) is 18.0 Å². The summed E-state index contributed by atoms with van der Waals surface area (Å²) < 4.78 is 42.8. The number of aromatic nitrogens is 4. The SMILES string of the molecule is O=C(NCCO)c1cn(-c2c(-c3ccc(F)cc3)[nH]c3c(F)cc(F)cc23)nn1. The summed E-state index contributed by atoms with van der Waals surface area (Å²) in [6.07, 6.45) is 1.30. The molecule has 0 unspecified atom stereocenters. The van der Waals surface area contributed by atoms with E-state index in [1.165, 1.54) is 35.1 Å². The third-order valence-corrected chi connectivity index (χ3v) is 4.28. The first-order valence-electron chi connectivity index (χ1n) is 8.56. The molecule has 0 aliphatic heterocycles. The molecule has 0 aliphatic rings. The lowest BCUT2D eigenvalue weighted by Crippen LogP contribution is -2.26. The normalized spacial score (nSPS) is 11.2. The van der Waals surface area contributed by atoms with Crippen LogP contribution in [0.15, 0.2) is 42.6 Å². The lowest BCUT2D eigenvalue weighted by atomic mass is 10.1. The highest BCUT2D eigenvalue weighted by Gasteiger charge is 2.21. The van der Waals surface area contributed by atoms with Crippen LogP contribution in [0.25, 0.3) is 27.8 Å².